The molecule has 0 spiro atoms. The van der Waals surface area contributed by atoms with Gasteiger partial charge in [-0.25, -0.2) is 0 Å². The van der Waals surface area contributed by atoms with E-state index in [-0.39, 0.29) is 12.3 Å². The van der Waals surface area contributed by atoms with E-state index < -0.39 is 0 Å². The lowest BCUT2D eigenvalue weighted by Gasteiger charge is -2.08. The smallest absolute Gasteiger partial charge is 0.230 e. The first-order valence-electron chi connectivity index (χ1n) is 7.12. The molecule has 110 valence electrons. The van der Waals surface area contributed by atoms with Gasteiger partial charge in [-0.3, -0.25) is 9.78 Å². The molecule has 22 heavy (non-hydrogen) atoms. The van der Waals surface area contributed by atoms with Crippen LogP contribution in [-0.4, -0.2) is 10.9 Å². The minimum Gasteiger partial charge on any atom is -0.399 e. The number of pyridine rings is 1. The van der Waals surface area contributed by atoms with Gasteiger partial charge in [0.15, 0.2) is 0 Å². The summed E-state index contributed by atoms with van der Waals surface area (Å²) in [5, 5.41) is 3.89. The Morgan fingerprint density at radius 3 is 2.77 bits per heavy atom. The summed E-state index contributed by atoms with van der Waals surface area (Å²) in [6.07, 6.45) is 0.245. The van der Waals surface area contributed by atoms with E-state index in [4.69, 9.17) is 5.73 Å². The van der Waals surface area contributed by atoms with Crippen molar-refractivity contribution < 1.29 is 4.79 Å². The highest BCUT2D eigenvalue weighted by atomic mass is 16.1. The lowest BCUT2D eigenvalue weighted by Crippen LogP contribution is -2.15. The van der Waals surface area contributed by atoms with Gasteiger partial charge in [0.05, 0.1) is 17.6 Å². The quantitative estimate of drug-likeness (QED) is 0.727. The normalized spacial score (nSPS) is 10.6. The van der Waals surface area contributed by atoms with Crippen LogP contribution in [0.5, 0.6) is 0 Å². The highest BCUT2D eigenvalue weighted by Gasteiger charge is 2.07. The maximum Gasteiger partial charge on any atom is 0.230 e. The summed E-state index contributed by atoms with van der Waals surface area (Å²) in [7, 11) is 0. The number of nitrogens with two attached hydrogens (primary N) is 1. The number of carbonyl (C=O) groups excluding carboxylic acids is 1. The highest BCUT2D eigenvalue weighted by molar-refractivity contribution is 5.93. The minimum atomic E-state index is -0.0726. The van der Waals surface area contributed by atoms with Crippen molar-refractivity contribution in [2.75, 3.05) is 11.1 Å². The number of carbonyl (C=O) groups is 1. The Bertz CT molecular complexity index is 843. The van der Waals surface area contributed by atoms with Crippen LogP contribution in [0.4, 0.5) is 11.4 Å². The molecule has 0 bridgehead atoms. The number of hydrogen-bond donors (Lipinski definition) is 2. The number of fused-ring (bicyclic) bond motifs is 1. The van der Waals surface area contributed by atoms with Crippen molar-refractivity contribution in [1.82, 2.24) is 4.98 Å². The van der Waals surface area contributed by atoms with E-state index in [9.17, 15) is 4.79 Å². The molecule has 3 rings (SSSR count). The van der Waals surface area contributed by atoms with Gasteiger partial charge in [0, 0.05) is 16.8 Å². The first-order valence-corrected chi connectivity index (χ1v) is 7.12. The van der Waals surface area contributed by atoms with E-state index in [1.807, 2.05) is 61.5 Å². The second-order valence-corrected chi connectivity index (χ2v) is 5.29. The first kappa shape index (κ1) is 14.1. The van der Waals surface area contributed by atoms with Crippen molar-refractivity contribution in [2.45, 2.75) is 13.3 Å². The fraction of sp³-hybridized carbons (Fsp3) is 0.111. The first-order chi connectivity index (χ1) is 10.6. The lowest BCUT2D eigenvalue weighted by molar-refractivity contribution is -0.115. The molecule has 4 heteroatoms. The minimum absolute atomic E-state index is 0.0726. The van der Waals surface area contributed by atoms with Crippen LogP contribution >= 0.6 is 0 Å². The molecule has 0 unspecified atom stereocenters. The summed E-state index contributed by atoms with van der Waals surface area (Å²) in [5.41, 5.74) is 9.91. The average molecular weight is 291 g/mol. The molecule has 1 amide bonds. The van der Waals surface area contributed by atoms with E-state index in [0.717, 1.165) is 27.8 Å². The van der Waals surface area contributed by atoms with Gasteiger partial charge in [0.25, 0.3) is 0 Å². The molecule has 3 aromatic rings. The number of benzene rings is 2. The standard InChI is InChI=1S/C18H17N3O/c1-12-4-2-3-5-16(12)21-18(22)11-15-8-6-13-10-14(19)7-9-17(13)20-15/h2-10H,11,19H2,1H3,(H,21,22). The van der Waals surface area contributed by atoms with Crippen LogP contribution in [0.15, 0.2) is 54.6 Å². The monoisotopic (exact) mass is 291 g/mol. The number of nitrogen functional groups attached to an aromatic ring is 1. The Morgan fingerprint density at radius 2 is 1.95 bits per heavy atom. The molecule has 0 aliphatic rings. The predicted molar refractivity (Wildman–Crippen MR) is 89.7 cm³/mol. The van der Waals surface area contributed by atoms with E-state index >= 15 is 0 Å². The van der Waals surface area contributed by atoms with Gasteiger partial charge < -0.3 is 11.1 Å². The molecule has 0 fully saturated rings. The molecular formula is C18H17N3O. The van der Waals surface area contributed by atoms with E-state index in [1.165, 1.54) is 0 Å². The van der Waals surface area contributed by atoms with Crippen molar-refractivity contribution in [3.05, 3.63) is 65.9 Å². The van der Waals surface area contributed by atoms with Crippen molar-refractivity contribution in [3.8, 4) is 0 Å². The molecule has 1 aromatic heterocycles. The highest BCUT2D eigenvalue weighted by Crippen LogP contribution is 2.17. The third-order valence-electron chi connectivity index (χ3n) is 3.53. The number of amides is 1. The van der Waals surface area contributed by atoms with E-state index in [1.54, 1.807) is 0 Å². The summed E-state index contributed by atoms with van der Waals surface area (Å²) in [4.78, 5) is 16.7. The van der Waals surface area contributed by atoms with Gasteiger partial charge in [-0.2, -0.15) is 0 Å². The fourth-order valence-corrected chi connectivity index (χ4v) is 2.36. The second kappa shape index (κ2) is 5.85. The Hall–Kier alpha value is -2.88. The van der Waals surface area contributed by atoms with Gasteiger partial charge in [-0.1, -0.05) is 24.3 Å². The number of para-hydroxylation sites is 1. The Morgan fingerprint density at radius 1 is 1.14 bits per heavy atom. The third kappa shape index (κ3) is 3.06. The predicted octanol–water partition coefficient (Wildman–Crippen LogP) is 3.31. The summed E-state index contributed by atoms with van der Waals surface area (Å²) in [5.74, 6) is -0.0726. The third-order valence-corrected chi connectivity index (χ3v) is 3.53. The molecule has 2 aromatic carbocycles. The van der Waals surface area contributed by atoms with Crippen LogP contribution in [0.25, 0.3) is 10.9 Å². The summed E-state index contributed by atoms with van der Waals surface area (Å²) >= 11 is 0. The maximum absolute atomic E-state index is 12.2. The molecule has 4 nitrogen and oxygen atoms in total. The molecule has 0 aliphatic heterocycles. The van der Waals surface area contributed by atoms with E-state index in [2.05, 4.69) is 10.3 Å². The summed E-state index contributed by atoms with van der Waals surface area (Å²) in [6, 6.07) is 17.1. The number of aryl methyl sites for hydroxylation is 1. The molecule has 1 heterocycles. The summed E-state index contributed by atoms with van der Waals surface area (Å²) in [6.45, 7) is 1.97. The van der Waals surface area contributed by atoms with Crippen LogP contribution in [0.2, 0.25) is 0 Å². The Kier molecular flexibility index (Phi) is 3.74. The van der Waals surface area contributed by atoms with Crippen LogP contribution in [0.1, 0.15) is 11.3 Å². The average Bonchev–Trinajstić information content (AvgIpc) is 2.50. The molecular weight excluding hydrogens is 274 g/mol. The molecule has 0 atom stereocenters. The SMILES string of the molecule is Cc1ccccc1NC(=O)Cc1ccc2cc(N)ccc2n1. The van der Waals surface area contributed by atoms with Gasteiger partial charge in [0.2, 0.25) is 5.91 Å². The zero-order valence-corrected chi connectivity index (χ0v) is 12.3. The van der Waals surface area contributed by atoms with E-state index in [0.29, 0.717) is 5.69 Å². The van der Waals surface area contributed by atoms with Gasteiger partial charge in [-0.15, -0.1) is 0 Å². The number of hydrogen-bond acceptors (Lipinski definition) is 3. The fourth-order valence-electron chi connectivity index (χ4n) is 2.36. The van der Waals surface area contributed by atoms with Crippen LogP contribution < -0.4 is 11.1 Å². The molecule has 3 N–H and O–H groups in total. The molecule has 0 radical (unpaired) electrons. The summed E-state index contributed by atoms with van der Waals surface area (Å²) < 4.78 is 0. The van der Waals surface area contributed by atoms with Gasteiger partial charge in [-0.05, 0) is 42.8 Å². The molecule has 0 aliphatic carbocycles. The van der Waals surface area contributed by atoms with Gasteiger partial charge >= 0.3 is 0 Å². The topological polar surface area (TPSA) is 68.0 Å². The Balaban J connectivity index is 1.76. The van der Waals surface area contributed by atoms with Crippen molar-refractivity contribution in [2.24, 2.45) is 0 Å². The zero-order chi connectivity index (χ0) is 15.5. The number of nitrogens with one attached hydrogen (secondary N) is 1. The lowest BCUT2D eigenvalue weighted by atomic mass is 10.1. The van der Waals surface area contributed by atoms with Crippen molar-refractivity contribution in [1.29, 1.82) is 0 Å². The van der Waals surface area contributed by atoms with Crippen molar-refractivity contribution in [3.63, 3.8) is 0 Å². The maximum atomic E-state index is 12.2. The number of aromatic nitrogens is 1. The van der Waals surface area contributed by atoms with Crippen LogP contribution in [0, 0.1) is 6.92 Å². The Labute approximate surface area is 129 Å². The van der Waals surface area contributed by atoms with Crippen LogP contribution in [-0.2, 0) is 11.2 Å². The van der Waals surface area contributed by atoms with Crippen LogP contribution in [0.3, 0.4) is 0 Å². The number of anilines is 2. The molecule has 0 saturated carbocycles. The zero-order valence-electron chi connectivity index (χ0n) is 12.3. The number of nitrogens with zero attached hydrogens (tertiary/aromatic N) is 1. The largest absolute Gasteiger partial charge is 0.399 e. The van der Waals surface area contributed by atoms with Gasteiger partial charge in [0.1, 0.15) is 0 Å². The number of rotatable bonds is 3. The molecule has 0 saturated heterocycles. The second-order valence-electron chi connectivity index (χ2n) is 5.29. The van der Waals surface area contributed by atoms with Crippen molar-refractivity contribution >= 4 is 28.2 Å².